The van der Waals surface area contributed by atoms with Crippen LogP contribution in [-0.2, 0) is 0 Å². The lowest BCUT2D eigenvalue weighted by Gasteiger charge is -2.04. The zero-order valence-corrected chi connectivity index (χ0v) is 11.5. The Balaban J connectivity index is 1.99. The van der Waals surface area contributed by atoms with Crippen LogP contribution in [0, 0.1) is 0 Å². The van der Waals surface area contributed by atoms with E-state index in [0.29, 0.717) is 32.8 Å². The summed E-state index contributed by atoms with van der Waals surface area (Å²) in [6.07, 6.45) is 1.36. The number of anilines is 2. The second-order valence-corrected chi connectivity index (χ2v) is 5.30. The molecule has 9 heteroatoms. The molecule has 0 fully saturated rings. The Bertz CT molecular complexity index is 777. The van der Waals surface area contributed by atoms with Gasteiger partial charge in [-0.05, 0) is 18.2 Å². The number of fused-ring (bicyclic) bond motifs is 1. The monoisotopic (exact) mass is 308 g/mol. The number of rotatable bonds is 3. The van der Waals surface area contributed by atoms with Crippen molar-refractivity contribution in [1.82, 2.24) is 19.9 Å². The molecule has 0 unspecified atom stereocenters. The van der Waals surface area contributed by atoms with E-state index in [0.717, 1.165) is 4.90 Å². The van der Waals surface area contributed by atoms with Gasteiger partial charge in [0.25, 0.3) is 0 Å². The molecule has 20 heavy (non-hydrogen) atoms. The fraction of sp³-hybridized carbons (Fsp3) is 0. The predicted octanol–water partition coefficient (Wildman–Crippen LogP) is 2.54. The van der Waals surface area contributed by atoms with E-state index in [1.165, 1.54) is 18.1 Å². The van der Waals surface area contributed by atoms with E-state index in [9.17, 15) is 0 Å². The quantitative estimate of drug-likeness (QED) is 0.550. The molecule has 0 bridgehead atoms. The number of nitrogen functional groups attached to an aromatic ring is 1. The summed E-state index contributed by atoms with van der Waals surface area (Å²) in [4.78, 5) is 16.0. The summed E-state index contributed by atoms with van der Waals surface area (Å²) in [6.45, 7) is 0. The van der Waals surface area contributed by atoms with Crippen LogP contribution >= 0.6 is 23.4 Å². The highest BCUT2D eigenvalue weighted by molar-refractivity contribution is 7.99. The fourth-order valence-electron chi connectivity index (χ4n) is 1.63. The Hall–Kier alpha value is -2.03. The van der Waals surface area contributed by atoms with Crippen LogP contribution < -0.4 is 11.2 Å². The molecule has 2 heterocycles. The maximum absolute atomic E-state index is 8.91. The number of H-pyrrole nitrogens is 1. The average molecular weight is 309 g/mol. The first-order valence-corrected chi connectivity index (χ1v) is 6.70. The van der Waals surface area contributed by atoms with Crippen molar-refractivity contribution in [3.63, 3.8) is 0 Å². The van der Waals surface area contributed by atoms with Gasteiger partial charge in [0, 0.05) is 4.90 Å². The van der Waals surface area contributed by atoms with Gasteiger partial charge in [0.2, 0.25) is 0 Å². The lowest BCUT2D eigenvalue weighted by molar-refractivity contribution is 0.389. The molecule has 3 aromatic rings. The molecule has 0 spiro atoms. The number of imidazole rings is 1. The van der Waals surface area contributed by atoms with Crippen molar-refractivity contribution in [2.24, 2.45) is 0 Å². The molecule has 0 atom stereocenters. The van der Waals surface area contributed by atoms with E-state index in [4.69, 9.17) is 22.5 Å². The smallest absolute Gasteiger partial charge is 0.183 e. The van der Waals surface area contributed by atoms with Crippen LogP contribution in [0.3, 0.4) is 0 Å². The van der Waals surface area contributed by atoms with E-state index in [-0.39, 0.29) is 0 Å². The number of benzene rings is 1. The number of hydrogen-bond acceptors (Lipinski definition) is 7. The van der Waals surface area contributed by atoms with Crippen LogP contribution in [0.4, 0.5) is 11.5 Å². The summed E-state index contributed by atoms with van der Waals surface area (Å²) in [5, 5.41) is 10.0. The maximum atomic E-state index is 8.91. The zero-order valence-electron chi connectivity index (χ0n) is 9.96. The molecule has 0 radical (unpaired) electrons. The Labute approximate surface area is 122 Å². The Kier molecular flexibility index (Phi) is 3.35. The number of nitrogens with one attached hydrogen (secondary N) is 2. The Morgan fingerprint density at radius 3 is 2.95 bits per heavy atom. The molecular weight excluding hydrogens is 300 g/mol. The summed E-state index contributed by atoms with van der Waals surface area (Å²) >= 11 is 7.41. The molecule has 0 amide bonds. The fourth-order valence-corrected chi connectivity index (χ4v) is 2.71. The molecule has 102 valence electrons. The first kappa shape index (κ1) is 13.0. The Morgan fingerprint density at radius 1 is 1.35 bits per heavy atom. The molecule has 0 aliphatic carbocycles. The number of aromatic amines is 1. The molecule has 0 aliphatic rings. The summed E-state index contributed by atoms with van der Waals surface area (Å²) in [7, 11) is 0. The number of halogens is 1. The van der Waals surface area contributed by atoms with Gasteiger partial charge in [0.05, 0.1) is 10.7 Å². The van der Waals surface area contributed by atoms with Crippen molar-refractivity contribution in [3.05, 3.63) is 29.5 Å². The third-order valence-electron chi connectivity index (χ3n) is 2.56. The largest absolute Gasteiger partial charge is 0.382 e. The summed E-state index contributed by atoms with van der Waals surface area (Å²) in [5.74, 6) is 0.339. The van der Waals surface area contributed by atoms with Gasteiger partial charge in [-0.15, -0.1) is 0 Å². The van der Waals surface area contributed by atoms with Gasteiger partial charge in [-0.25, -0.2) is 15.0 Å². The molecule has 2 aromatic heterocycles. The van der Waals surface area contributed by atoms with E-state index in [1.807, 2.05) is 0 Å². The van der Waals surface area contributed by atoms with Crippen molar-refractivity contribution < 1.29 is 5.21 Å². The molecule has 1 aromatic carbocycles. The van der Waals surface area contributed by atoms with Gasteiger partial charge < -0.3 is 10.7 Å². The van der Waals surface area contributed by atoms with Gasteiger partial charge in [-0.3, -0.25) is 10.7 Å². The molecule has 5 N–H and O–H groups in total. The van der Waals surface area contributed by atoms with Crippen molar-refractivity contribution in [3.8, 4) is 0 Å². The minimum absolute atomic E-state index is 0.339. The van der Waals surface area contributed by atoms with Crippen LogP contribution in [0.1, 0.15) is 0 Å². The van der Waals surface area contributed by atoms with E-state index in [1.54, 1.807) is 18.2 Å². The van der Waals surface area contributed by atoms with E-state index >= 15 is 0 Å². The van der Waals surface area contributed by atoms with E-state index in [2.05, 4.69) is 25.4 Å². The van der Waals surface area contributed by atoms with Gasteiger partial charge in [-0.1, -0.05) is 23.4 Å². The van der Waals surface area contributed by atoms with Crippen molar-refractivity contribution >= 4 is 46.0 Å². The highest BCUT2D eigenvalue weighted by atomic mass is 35.5. The Morgan fingerprint density at radius 2 is 2.20 bits per heavy atom. The van der Waals surface area contributed by atoms with E-state index < -0.39 is 0 Å². The minimum Gasteiger partial charge on any atom is -0.382 e. The summed E-state index contributed by atoms with van der Waals surface area (Å²) in [6, 6.07) is 5.04. The zero-order chi connectivity index (χ0) is 14.1. The maximum Gasteiger partial charge on any atom is 0.183 e. The molecule has 0 aliphatic heterocycles. The summed E-state index contributed by atoms with van der Waals surface area (Å²) in [5.41, 5.74) is 9.42. The molecular formula is C11H9ClN6OS. The number of hydrogen-bond donors (Lipinski definition) is 4. The van der Waals surface area contributed by atoms with Crippen LogP contribution in [0.25, 0.3) is 11.2 Å². The van der Waals surface area contributed by atoms with Crippen LogP contribution in [0.15, 0.2) is 34.6 Å². The lowest BCUT2D eigenvalue weighted by atomic mass is 10.3. The minimum atomic E-state index is 0.339. The SMILES string of the molecule is Nc1ncnc2nc(Sc3cc(NO)ccc3Cl)[nH]c12. The van der Waals surface area contributed by atoms with Gasteiger partial charge in [-0.2, -0.15) is 0 Å². The number of nitrogens with two attached hydrogens (primary N) is 1. The molecule has 0 saturated carbocycles. The lowest BCUT2D eigenvalue weighted by Crippen LogP contribution is -1.91. The normalized spacial score (nSPS) is 10.9. The predicted molar refractivity (Wildman–Crippen MR) is 77.1 cm³/mol. The number of aromatic nitrogens is 4. The molecule has 7 nitrogen and oxygen atoms in total. The van der Waals surface area contributed by atoms with Crippen LogP contribution in [-0.4, -0.2) is 25.1 Å². The molecule has 0 saturated heterocycles. The molecule has 3 rings (SSSR count). The first-order chi connectivity index (χ1) is 9.67. The van der Waals surface area contributed by atoms with Crippen LogP contribution in [0.5, 0.6) is 0 Å². The summed E-state index contributed by atoms with van der Waals surface area (Å²) < 4.78 is 0. The van der Waals surface area contributed by atoms with Crippen molar-refractivity contribution in [1.29, 1.82) is 0 Å². The second-order valence-electron chi connectivity index (χ2n) is 3.86. The van der Waals surface area contributed by atoms with Gasteiger partial charge in [0.15, 0.2) is 16.6 Å². The van der Waals surface area contributed by atoms with Gasteiger partial charge in [0.1, 0.15) is 11.8 Å². The number of nitrogens with zero attached hydrogens (tertiary/aromatic N) is 3. The second kappa shape index (κ2) is 5.16. The van der Waals surface area contributed by atoms with Gasteiger partial charge >= 0.3 is 0 Å². The highest BCUT2D eigenvalue weighted by Crippen LogP contribution is 2.34. The third-order valence-corrected chi connectivity index (χ3v) is 3.95. The topological polar surface area (TPSA) is 113 Å². The van der Waals surface area contributed by atoms with Crippen LogP contribution in [0.2, 0.25) is 5.02 Å². The highest BCUT2D eigenvalue weighted by Gasteiger charge is 2.11. The standard InChI is InChI=1S/C11H9ClN6OS/c12-6-2-1-5(18-19)3-7(6)20-11-16-8-9(13)14-4-15-10(8)17-11/h1-4,18-19H,(H3,13,14,15,16,17). The average Bonchev–Trinajstić information content (AvgIpc) is 2.85. The van der Waals surface area contributed by atoms with Crippen molar-refractivity contribution in [2.45, 2.75) is 10.1 Å². The first-order valence-electron chi connectivity index (χ1n) is 5.51. The van der Waals surface area contributed by atoms with Crippen molar-refractivity contribution in [2.75, 3.05) is 11.2 Å². The third kappa shape index (κ3) is 2.36.